The highest BCUT2D eigenvalue weighted by Crippen LogP contribution is 2.30. The van der Waals surface area contributed by atoms with E-state index in [1.807, 2.05) is 17.0 Å². The molecule has 4 heterocycles. The van der Waals surface area contributed by atoms with Gasteiger partial charge in [-0.05, 0) is 37.9 Å². The molecule has 1 N–H and O–H groups in total. The van der Waals surface area contributed by atoms with Crippen LogP contribution in [0.3, 0.4) is 0 Å². The van der Waals surface area contributed by atoms with E-state index in [1.165, 1.54) is 0 Å². The van der Waals surface area contributed by atoms with Crippen molar-refractivity contribution >= 4 is 59.4 Å². The molecule has 3 aliphatic rings. The first-order valence-electron chi connectivity index (χ1n) is 10.1. The number of ether oxygens (including phenoxy) is 1. The van der Waals surface area contributed by atoms with E-state index in [9.17, 15) is 4.79 Å². The number of nitrogens with zero attached hydrogens (tertiary/aromatic N) is 3. The van der Waals surface area contributed by atoms with Crippen molar-refractivity contribution in [3.05, 3.63) is 23.2 Å². The summed E-state index contributed by atoms with van der Waals surface area (Å²) in [6.45, 7) is 5.41. The Morgan fingerprint density at radius 3 is 2.77 bits per heavy atom. The highest BCUT2D eigenvalue weighted by Gasteiger charge is 2.42. The largest absolute Gasteiger partial charge is 0.423 e. The van der Waals surface area contributed by atoms with Gasteiger partial charge in [-0.15, -0.1) is 24.8 Å². The number of benzene rings is 1. The van der Waals surface area contributed by atoms with E-state index in [2.05, 4.69) is 15.2 Å². The smallest absolute Gasteiger partial charge is 0.298 e. The highest BCUT2D eigenvalue weighted by molar-refractivity contribution is 6.31. The third kappa shape index (κ3) is 4.50. The van der Waals surface area contributed by atoms with Crippen LogP contribution in [0.1, 0.15) is 19.3 Å². The summed E-state index contributed by atoms with van der Waals surface area (Å²) in [5.41, 5.74) is 1.33. The monoisotopic (exact) mass is 476 g/mol. The van der Waals surface area contributed by atoms with Crippen LogP contribution in [0.5, 0.6) is 0 Å². The number of rotatable bonds is 2. The molecule has 0 aliphatic carbocycles. The highest BCUT2D eigenvalue weighted by atomic mass is 35.5. The zero-order valence-corrected chi connectivity index (χ0v) is 19.0. The summed E-state index contributed by atoms with van der Waals surface area (Å²) in [4.78, 5) is 21.8. The van der Waals surface area contributed by atoms with E-state index >= 15 is 0 Å². The van der Waals surface area contributed by atoms with Crippen molar-refractivity contribution in [1.82, 2.24) is 15.2 Å². The van der Waals surface area contributed by atoms with Gasteiger partial charge in [0.25, 0.3) is 6.01 Å². The molecule has 1 aromatic carbocycles. The van der Waals surface area contributed by atoms with Gasteiger partial charge in [-0.25, -0.2) is 0 Å². The third-order valence-corrected chi connectivity index (χ3v) is 6.45. The number of anilines is 1. The minimum atomic E-state index is -0.173. The Kier molecular flexibility index (Phi) is 7.40. The van der Waals surface area contributed by atoms with Gasteiger partial charge in [-0.2, -0.15) is 4.98 Å². The maximum Gasteiger partial charge on any atom is 0.298 e. The summed E-state index contributed by atoms with van der Waals surface area (Å²) in [6, 6.07) is 6.09. The average Bonchev–Trinajstić information content (AvgIpc) is 3.34. The molecule has 10 heteroatoms. The van der Waals surface area contributed by atoms with Crippen LogP contribution in [0.4, 0.5) is 6.01 Å². The Bertz CT molecular complexity index is 879. The van der Waals surface area contributed by atoms with Crippen LogP contribution >= 0.6 is 36.4 Å². The number of halogens is 3. The van der Waals surface area contributed by atoms with Gasteiger partial charge in [-0.1, -0.05) is 11.6 Å². The summed E-state index contributed by atoms with van der Waals surface area (Å²) in [5, 5.41) is 4.00. The second-order valence-corrected chi connectivity index (χ2v) is 8.52. The zero-order chi connectivity index (χ0) is 19.1. The zero-order valence-electron chi connectivity index (χ0n) is 16.6. The van der Waals surface area contributed by atoms with Gasteiger partial charge < -0.3 is 24.3 Å². The average molecular weight is 478 g/mol. The molecule has 7 nitrogen and oxygen atoms in total. The van der Waals surface area contributed by atoms with Crippen molar-refractivity contribution < 1.29 is 13.9 Å². The summed E-state index contributed by atoms with van der Waals surface area (Å²) in [6.07, 6.45) is 2.62. The molecule has 0 bridgehead atoms. The van der Waals surface area contributed by atoms with E-state index < -0.39 is 0 Å². The lowest BCUT2D eigenvalue weighted by molar-refractivity contribution is -0.152. The summed E-state index contributed by atoms with van der Waals surface area (Å²) in [5.74, 6) is 0.346. The number of carbonyl (C=O) groups is 1. The molecule has 1 amide bonds. The molecule has 1 aromatic heterocycles. The number of morpholine rings is 1. The van der Waals surface area contributed by atoms with Crippen LogP contribution < -0.4 is 10.2 Å². The molecule has 166 valence electrons. The van der Waals surface area contributed by atoms with Crippen molar-refractivity contribution in [1.29, 1.82) is 0 Å². The van der Waals surface area contributed by atoms with Crippen molar-refractivity contribution in [3.8, 4) is 0 Å². The molecule has 3 fully saturated rings. The Labute approximate surface area is 193 Å². The SMILES string of the molecule is Cl.Cl.O=C(C1CCN(c2nc3ccc(Cl)cc3o2)CC1)N1CCOC2(CCNC2)C1. The van der Waals surface area contributed by atoms with Gasteiger partial charge in [-0.3, -0.25) is 4.79 Å². The van der Waals surface area contributed by atoms with Crippen LogP contribution in [0.15, 0.2) is 22.6 Å². The minimum absolute atomic E-state index is 0. The van der Waals surface area contributed by atoms with Gasteiger partial charge in [0.05, 0.1) is 18.8 Å². The van der Waals surface area contributed by atoms with Gasteiger partial charge in [0.15, 0.2) is 5.58 Å². The Hall–Kier alpha value is -1.25. The Morgan fingerprint density at radius 1 is 1.23 bits per heavy atom. The van der Waals surface area contributed by atoms with Gasteiger partial charge >= 0.3 is 0 Å². The first-order chi connectivity index (χ1) is 13.6. The number of amides is 1. The number of nitrogens with one attached hydrogen (secondary N) is 1. The molecule has 1 spiro atoms. The fourth-order valence-corrected chi connectivity index (χ4v) is 4.77. The molecule has 2 aromatic rings. The number of oxazole rings is 1. The summed E-state index contributed by atoms with van der Waals surface area (Å²) in [7, 11) is 0. The molecular weight excluding hydrogens is 451 g/mol. The maximum atomic E-state index is 13.1. The molecule has 3 aliphatic heterocycles. The summed E-state index contributed by atoms with van der Waals surface area (Å²) < 4.78 is 11.9. The van der Waals surface area contributed by atoms with Crippen molar-refractivity contribution in [2.24, 2.45) is 5.92 Å². The summed E-state index contributed by atoms with van der Waals surface area (Å²) >= 11 is 6.03. The first-order valence-corrected chi connectivity index (χ1v) is 10.4. The van der Waals surface area contributed by atoms with Gasteiger partial charge in [0, 0.05) is 43.2 Å². The van der Waals surface area contributed by atoms with Crippen LogP contribution in [-0.4, -0.2) is 67.3 Å². The lowest BCUT2D eigenvalue weighted by Crippen LogP contribution is -2.56. The minimum Gasteiger partial charge on any atom is -0.423 e. The number of carbonyl (C=O) groups excluding carboxylic acids is 1. The molecule has 0 saturated carbocycles. The van der Waals surface area contributed by atoms with Crippen LogP contribution in [-0.2, 0) is 9.53 Å². The van der Waals surface area contributed by atoms with Gasteiger partial charge in [0.1, 0.15) is 5.52 Å². The van der Waals surface area contributed by atoms with Crippen LogP contribution in [0, 0.1) is 5.92 Å². The van der Waals surface area contributed by atoms with E-state index in [4.69, 9.17) is 20.8 Å². The van der Waals surface area contributed by atoms with E-state index in [0.29, 0.717) is 36.3 Å². The third-order valence-electron chi connectivity index (χ3n) is 6.22. The van der Waals surface area contributed by atoms with E-state index in [-0.39, 0.29) is 42.2 Å². The number of hydrogen-bond acceptors (Lipinski definition) is 6. The first kappa shape index (κ1) is 23.4. The fourth-order valence-electron chi connectivity index (χ4n) is 4.61. The number of piperidine rings is 1. The normalized spacial score (nSPS) is 24.7. The van der Waals surface area contributed by atoms with Crippen LogP contribution in [0.2, 0.25) is 5.02 Å². The second-order valence-electron chi connectivity index (χ2n) is 8.09. The molecule has 3 saturated heterocycles. The van der Waals surface area contributed by atoms with Gasteiger partial charge in [0.2, 0.25) is 5.91 Å². The van der Waals surface area contributed by atoms with Crippen molar-refractivity contribution in [2.45, 2.75) is 24.9 Å². The molecule has 0 radical (unpaired) electrons. The quantitative estimate of drug-likeness (QED) is 0.717. The lowest BCUT2D eigenvalue weighted by atomic mass is 9.93. The topological polar surface area (TPSA) is 70.8 Å². The predicted molar refractivity (Wildman–Crippen MR) is 121 cm³/mol. The van der Waals surface area contributed by atoms with Crippen LogP contribution in [0.25, 0.3) is 11.1 Å². The Balaban J connectivity index is 0.00000128. The molecule has 1 atom stereocenters. The lowest BCUT2D eigenvalue weighted by Gasteiger charge is -2.42. The maximum absolute atomic E-state index is 13.1. The molecule has 5 rings (SSSR count). The molecule has 1 unspecified atom stereocenters. The Morgan fingerprint density at radius 2 is 2.03 bits per heavy atom. The molecule has 30 heavy (non-hydrogen) atoms. The number of aromatic nitrogens is 1. The second kappa shape index (κ2) is 9.49. The van der Waals surface area contributed by atoms with Crippen molar-refractivity contribution in [2.75, 3.05) is 50.8 Å². The van der Waals surface area contributed by atoms with E-state index in [0.717, 1.165) is 51.0 Å². The molecular formula is C20H27Cl3N4O3. The standard InChI is InChI=1S/C20H25ClN4O3.2ClH/c21-15-1-2-16-17(11-15)28-19(23-16)24-7-3-14(4-8-24)18(26)25-9-10-27-20(13-25)5-6-22-12-20;;/h1-2,11,14,22H,3-10,12-13H2;2*1H. The fraction of sp³-hybridized carbons (Fsp3) is 0.600. The van der Waals surface area contributed by atoms with Crippen molar-refractivity contribution in [3.63, 3.8) is 0 Å². The number of fused-ring (bicyclic) bond motifs is 1. The number of hydrogen-bond donors (Lipinski definition) is 1. The van der Waals surface area contributed by atoms with E-state index in [1.54, 1.807) is 6.07 Å². The predicted octanol–water partition coefficient (Wildman–Crippen LogP) is 3.13.